The van der Waals surface area contributed by atoms with E-state index in [0.29, 0.717) is 0 Å². The maximum atomic E-state index is 2.44. The van der Waals surface area contributed by atoms with Crippen LogP contribution in [0, 0.1) is 0 Å². The molecule has 0 atom stereocenters. The van der Waals surface area contributed by atoms with Crippen molar-refractivity contribution in [1.82, 2.24) is 4.57 Å². The normalized spacial score (nSPS) is 12.0. The molecule has 594 valence electrons. The second-order valence-corrected chi connectivity index (χ2v) is 35.0. The van der Waals surface area contributed by atoms with Gasteiger partial charge in [-0.2, -0.15) is 0 Å². The highest BCUT2D eigenvalue weighted by molar-refractivity contribution is 6.34. The molecule has 0 spiro atoms. The molecule has 0 radical (unpaired) electrons. The number of para-hydroxylation sites is 2. The molecule has 3 aliphatic rings. The van der Waals surface area contributed by atoms with Crippen LogP contribution in [0.3, 0.4) is 0 Å². The molecular weight excluding hydrogens is 1550 g/mol. The monoisotopic (exact) mass is 1630 g/mol. The van der Waals surface area contributed by atoms with Crippen LogP contribution in [0.5, 0.6) is 0 Å². The minimum atomic E-state index is 1.16. The van der Waals surface area contributed by atoms with Crippen LogP contribution in [0.25, 0.3) is 280 Å². The van der Waals surface area contributed by atoms with Gasteiger partial charge in [-0.3, -0.25) is 0 Å². The first-order valence-electron chi connectivity index (χ1n) is 44.9. The van der Waals surface area contributed by atoms with Crippen molar-refractivity contribution in [1.29, 1.82) is 0 Å². The molecule has 0 saturated heterocycles. The fourth-order valence-corrected chi connectivity index (χ4v) is 22.6. The van der Waals surface area contributed by atoms with Crippen molar-refractivity contribution >= 4 is 140 Å². The van der Waals surface area contributed by atoms with Crippen LogP contribution in [-0.2, 0) is 0 Å². The van der Waals surface area contributed by atoms with Gasteiger partial charge >= 0.3 is 0 Å². The highest BCUT2D eigenvalue weighted by Crippen LogP contribution is 2.59. The van der Waals surface area contributed by atoms with Gasteiger partial charge in [-0.05, 0) is 313 Å². The van der Waals surface area contributed by atoms with Gasteiger partial charge in [0.2, 0.25) is 0 Å². The minimum absolute atomic E-state index is 1.16. The summed E-state index contributed by atoms with van der Waals surface area (Å²) < 4.78 is 2.44. The lowest BCUT2D eigenvalue weighted by atomic mass is 9.90. The van der Waals surface area contributed by atoms with Gasteiger partial charge in [0.05, 0.1) is 11.0 Å². The second-order valence-electron chi connectivity index (χ2n) is 35.0. The Kier molecular flexibility index (Phi) is 16.2. The van der Waals surface area contributed by atoms with Gasteiger partial charge in [0.1, 0.15) is 0 Å². The topological polar surface area (TPSA) is 4.93 Å². The molecule has 1 aromatic heterocycles. The van der Waals surface area contributed by atoms with Gasteiger partial charge in [0.25, 0.3) is 0 Å². The summed E-state index contributed by atoms with van der Waals surface area (Å²) in [6.45, 7) is 0. The maximum Gasteiger partial charge on any atom is 0.0541 e. The van der Waals surface area contributed by atoms with Crippen molar-refractivity contribution < 1.29 is 0 Å². The first-order valence-corrected chi connectivity index (χ1v) is 44.9. The SMILES string of the molecule is c1cc(-c2ccc3ccccc3c2)cc(-c2ccc3ccc(-c4ccc5c6c(cccc46)-c4c-5c5ccccc5c5ccccc45)cc3c2)c1.c1ccc(-c2cc(-c3ccc4c5c(cccc35)-c3c-4c4ccccc4c4ccccc34)cc(-n3c4ccccc4c4ccccc43)c2)cc1.c1ccc(-c2ccc3c4c(cc5ccccc5c24)-c2ccc4ccccc4c2-3)cc1. The Bertz CT molecular complexity index is 9110. The van der Waals surface area contributed by atoms with Crippen LogP contribution in [0.2, 0.25) is 0 Å². The molecule has 0 bridgehead atoms. The number of aromatic nitrogens is 1. The number of rotatable bonds is 7. The van der Waals surface area contributed by atoms with Gasteiger partial charge in [0.15, 0.2) is 0 Å². The van der Waals surface area contributed by atoms with E-state index in [-0.39, 0.29) is 0 Å². The first-order chi connectivity index (χ1) is 64.0. The highest BCUT2D eigenvalue weighted by Gasteiger charge is 2.32. The van der Waals surface area contributed by atoms with E-state index in [1.165, 1.54) is 274 Å². The predicted molar refractivity (Wildman–Crippen MR) is 552 cm³/mol. The van der Waals surface area contributed by atoms with E-state index >= 15 is 0 Å². The van der Waals surface area contributed by atoms with Crippen LogP contribution in [0.1, 0.15) is 0 Å². The third-order valence-electron chi connectivity index (χ3n) is 28.2. The number of hydrogen-bond acceptors (Lipinski definition) is 0. The third-order valence-corrected chi connectivity index (χ3v) is 28.2. The lowest BCUT2D eigenvalue weighted by Gasteiger charge is -2.16. The van der Waals surface area contributed by atoms with Crippen LogP contribution in [0.4, 0.5) is 0 Å². The summed E-state index contributed by atoms with van der Waals surface area (Å²) in [4.78, 5) is 0. The largest absolute Gasteiger partial charge is 0.309 e. The zero-order valence-electron chi connectivity index (χ0n) is 70.4. The zero-order valence-corrected chi connectivity index (χ0v) is 70.4. The van der Waals surface area contributed by atoms with Crippen molar-refractivity contribution in [2.75, 3.05) is 0 Å². The highest BCUT2D eigenvalue weighted by atomic mass is 15.0. The van der Waals surface area contributed by atoms with E-state index in [1.807, 2.05) is 0 Å². The number of fused-ring (bicyclic) bond motifs is 28. The van der Waals surface area contributed by atoms with E-state index in [2.05, 4.69) is 472 Å². The molecule has 0 amide bonds. The summed E-state index contributed by atoms with van der Waals surface area (Å²) in [5.74, 6) is 0. The summed E-state index contributed by atoms with van der Waals surface area (Å²) in [6.07, 6.45) is 0. The zero-order chi connectivity index (χ0) is 84.5. The van der Waals surface area contributed by atoms with Gasteiger partial charge < -0.3 is 4.57 Å². The van der Waals surface area contributed by atoms with E-state index in [1.54, 1.807) is 0 Å². The molecule has 1 heterocycles. The molecule has 29 rings (SSSR count). The Morgan fingerprint density at radius 3 is 1.03 bits per heavy atom. The quantitative estimate of drug-likeness (QED) is 0.140. The van der Waals surface area contributed by atoms with Crippen LogP contribution >= 0.6 is 0 Å². The van der Waals surface area contributed by atoms with Crippen LogP contribution in [0.15, 0.2) is 467 Å². The average Bonchev–Trinajstić information content (AvgIpc) is 1.55. The van der Waals surface area contributed by atoms with Gasteiger partial charge in [-0.1, -0.05) is 406 Å². The van der Waals surface area contributed by atoms with Gasteiger partial charge in [0, 0.05) is 16.5 Å². The van der Waals surface area contributed by atoms with Gasteiger partial charge in [-0.25, -0.2) is 0 Å². The lowest BCUT2D eigenvalue weighted by molar-refractivity contribution is 1.18. The van der Waals surface area contributed by atoms with Crippen molar-refractivity contribution in [3.8, 4) is 139 Å². The fourth-order valence-electron chi connectivity index (χ4n) is 22.6. The first kappa shape index (κ1) is 72.6. The third kappa shape index (κ3) is 11.2. The fraction of sp³-hybridized carbons (Fsp3) is 0. The summed E-state index contributed by atoms with van der Waals surface area (Å²) in [5, 5.41) is 31.5. The Hall–Kier alpha value is -16.8. The number of benzene rings is 25. The van der Waals surface area contributed by atoms with Gasteiger partial charge in [-0.15, -0.1) is 0 Å². The summed E-state index contributed by atoms with van der Waals surface area (Å²) in [5.41, 5.74) is 34.7. The van der Waals surface area contributed by atoms with Crippen molar-refractivity contribution in [3.63, 3.8) is 0 Å². The predicted octanol–water partition coefficient (Wildman–Crippen LogP) is 35.8. The Morgan fingerprint density at radius 2 is 0.465 bits per heavy atom. The molecule has 25 aromatic carbocycles. The molecule has 0 aliphatic heterocycles. The Balaban J connectivity index is 0.000000103. The van der Waals surface area contributed by atoms with E-state index < -0.39 is 0 Å². The molecule has 0 unspecified atom stereocenters. The molecular formula is C128H77N. The molecule has 0 N–H and O–H groups in total. The Morgan fingerprint density at radius 1 is 0.116 bits per heavy atom. The number of hydrogen-bond donors (Lipinski definition) is 0. The minimum Gasteiger partial charge on any atom is -0.309 e. The molecule has 1 nitrogen and oxygen atoms in total. The van der Waals surface area contributed by atoms with Crippen molar-refractivity contribution in [3.05, 3.63) is 467 Å². The lowest BCUT2D eigenvalue weighted by Crippen LogP contribution is -1.96. The molecule has 129 heavy (non-hydrogen) atoms. The Labute approximate surface area is 745 Å². The summed E-state index contributed by atoms with van der Waals surface area (Å²) in [6, 6.07) is 172. The maximum absolute atomic E-state index is 2.44. The standard InChI is InChI=1S/C50H30.C48H29N.C30H18/c1-2-10-33-27-36(22-19-31(33)9-1)34-11-7-12-35(28-34)37-23-20-32-21-24-38(30-39(32)29-37)40-25-26-47-48-43(40)17-8-18-46(48)49-44-15-5-3-13-41(44)42-14-4-6-16-45(42)50(47)49;1-2-13-30(14-3-1)31-27-32(29-33(28-31)49-44-23-10-8-17-37(44)38-18-9-11-24-45(38)49)34-25-26-43-46-39(34)21-12-22-42(46)47-40-19-6-4-15-35(40)36-16-5-7-20-41(36)48(43)47;1-2-8-19(9-3-1)24-16-17-26-28-22-12-6-4-10-20(22)14-15-25(28)27-18-21-11-5-7-13-23(21)29(24)30(26)27/h1-30H;1-29H;1-18H. The molecule has 3 aliphatic carbocycles. The van der Waals surface area contributed by atoms with E-state index in [9.17, 15) is 0 Å². The smallest absolute Gasteiger partial charge is 0.0541 e. The van der Waals surface area contributed by atoms with Crippen molar-refractivity contribution in [2.45, 2.75) is 0 Å². The number of nitrogens with zero attached hydrogens (tertiary/aromatic N) is 1. The van der Waals surface area contributed by atoms with Crippen molar-refractivity contribution in [2.24, 2.45) is 0 Å². The molecule has 0 saturated carbocycles. The van der Waals surface area contributed by atoms with Crippen LogP contribution in [-0.4, -0.2) is 4.57 Å². The average molecular weight is 1630 g/mol. The molecule has 0 fully saturated rings. The van der Waals surface area contributed by atoms with Crippen LogP contribution < -0.4 is 0 Å². The summed E-state index contributed by atoms with van der Waals surface area (Å²) >= 11 is 0. The molecule has 26 aromatic rings. The van der Waals surface area contributed by atoms with E-state index in [4.69, 9.17) is 0 Å². The van der Waals surface area contributed by atoms with E-state index in [0.717, 1.165) is 5.69 Å². The molecule has 1 heteroatoms. The second kappa shape index (κ2) is 28.9. The summed E-state index contributed by atoms with van der Waals surface area (Å²) in [7, 11) is 0.